The van der Waals surface area contributed by atoms with Crippen LogP contribution in [0.5, 0.6) is 11.6 Å². The van der Waals surface area contributed by atoms with Gasteiger partial charge < -0.3 is 14.6 Å². The van der Waals surface area contributed by atoms with Gasteiger partial charge in [-0.2, -0.15) is 13.2 Å². The molecule has 0 saturated heterocycles. The summed E-state index contributed by atoms with van der Waals surface area (Å²) in [6.07, 6.45) is -1.35. The number of rotatable bonds is 10. The Kier molecular flexibility index (Phi) is 8.66. The number of allylic oxidation sites excluding steroid dienone is 1. The molecule has 0 bridgehead atoms. The molecular formula is C28H29F4N3O5S. The molecule has 0 fully saturated rings. The molecule has 41 heavy (non-hydrogen) atoms. The molecule has 1 N–H and O–H groups in total. The molecule has 0 saturated carbocycles. The molecule has 1 aliphatic rings. The minimum absolute atomic E-state index is 0.0713. The molecule has 1 aliphatic heterocycles. The number of aliphatic hydroxyl groups excluding tert-OH is 1. The summed E-state index contributed by atoms with van der Waals surface area (Å²) in [5.41, 5.74) is -1.34. The number of anilines is 1. The number of benzene rings is 2. The summed E-state index contributed by atoms with van der Waals surface area (Å²) in [5, 5.41) is 13.8. The molecule has 8 nitrogen and oxygen atoms in total. The van der Waals surface area contributed by atoms with Gasteiger partial charge in [-0.3, -0.25) is 8.99 Å². The molecule has 2 aromatic carbocycles. The highest BCUT2D eigenvalue weighted by Gasteiger charge is 2.38. The minimum atomic E-state index is -4.77. The highest BCUT2D eigenvalue weighted by molar-refractivity contribution is 7.93. The normalized spacial score (nSPS) is 15.6. The summed E-state index contributed by atoms with van der Waals surface area (Å²) in [7, 11) is -4.28. The number of hydrogen-bond acceptors (Lipinski definition) is 6. The van der Waals surface area contributed by atoms with E-state index in [1.807, 2.05) is 0 Å². The van der Waals surface area contributed by atoms with Crippen LogP contribution >= 0.6 is 0 Å². The van der Waals surface area contributed by atoms with Gasteiger partial charge in [0.15, 0.2) is 4.90 Å². The second-order valence-corrected chi connectivity index (χ2v) is 11.1. The predicted octanol–water partition coefficient (Wildman–Crippen LogP) is 6.44. The van der Waals surface area contributed by atoms with Gasteiger partial charge in [0.2, 0.25) is 0 Å². The lowest BCUT2D eigenvalue weighted by molar-refractivity contribution is -0.137. The van der Waals surface area contributed by atoms with Crippen molar-refractivity contribution in [1.82, 2.24) is 9.78 Å². The van der Waals surface area contributed by atoms with E-state index in [1.54, 1.807) is 13.8 Å². The summed E-state index contributed by atoms with van der Waals surface area (Å²) in [5.74, 6) is -0.999. The first-order valence-electron chi connectivity index (χ1n) is 12.8. The number of aromatic nitrogens is 2. The Labute approximate surface area is 235 Å². The molecule has 220 valence electrons. The zero-order valence-corrected chi connectivity index (χ0v) is 23.2. The van der Waals surface area contributed by atoms with E-state index in [0.29, 0.717) is 12.1 Å². The van der Waals surface area contributed by atoms with Crippen LogP contribution in [0.15, 0.2) is 59.8 Å². The zero-order chi connectivity index (χ0) is 29.9. The third-order valence-electron chi connectivity index (χ3n) is 6.34. The number of halogens is 4. The van der Waals surface area contributed by atoms with Gasteiger partial charge in [-0.25, -0.2) is 12.8 Å². The van der Waals surface area contributed by atoms with Gasteiger partial charge in [0.25, 0.3) is 15.9 Å². The summed E-state index contributed by atoms with van der Waals surface area (Å²) in [6, 6.07) is 7.13. The average Bonchev–Trinajstić information content (AvgIpc) is 3.34. The maximum atomic E-state index is 14.4. The van der Waals surface area contributed by atoms with Crippen molar-refractivity contribution >= 4 is 27.9 Å². The number of alkyl halides is 3. The Bertz CT molecular complexity index is 1570. The lowest BCUT2D eigenvalue weighted by Crippen LogP contribution is -2.43. The fourth-order valence-corrected chi connectivity index (χ4v) is 5.93. The smallest absolute Gasteiger partial charge is 0.417 e. The molecule has 0 unspecified atom stereocenters. The Morgan fingerprint density at radius 3 is 2.66 bits per heavy atom. The highest BCUT2D eigenvalue weighted by atomic mass is 32.2. The molecule has 2 heterocycles. The topological polar surface area (TPSA) is 93.9 Å². The molecule has 13 heteroatoms. The number of hydrogen-bond donors (Lipinski definition) is 1. The summed E-state index contributed by atoms with van der Waals surface area (Å²) in [6.45, 7) is 7.38. The molecule has 1 aromatic heterocycles. The third kappa shape index (κ3) is 6.50. The second-order valence-electron chi connectivity index (χ2n) is 9.23. The largest absolute Gasteiger partial charge is 0.513 e. The zero-order valence-electron chi connectivity index (χ0n) is 22.4. The number of aliphatic hydroxyl groups is 1. The van der Waals surface area contributed by atoms with Crippen LogP contribution in [-0.4, -0.2) is 42.6 Å². The molecule has 0 spiro atoms. The Hall–Kier alpha value is -4.00. The molecular weight excluding hydrogens is 566 g/mol. The van der Waals surface area contributed by atoms with Crippen LogP contribution < -0.4 is 13.8 Å². The highest BCUT2D eigenvalue weighted by Crippen LogP contribution is 2.41. The van der Waals surface area contributed by atoms with E-state index in [2.05, 4.69) is 11.7 Å². The fraction of sp³-hybridized carbons (Fsp3) is 0.321. The molecule has 0 aliphatic carbocycles. The van der Waals surface area contributed by atoms with Gasteiger partial charge in [0.1, 0.15) is 17.7 Å². The summed E-state index contributed by atoms with van der Waals surface area (Å²) in [4.78, 5) is -0.165. The van der Waals surface area contributed by atoms with Crippen LogP contribution in [0.4, 0.5) is 23.2 Å². The van der Waals surface area contributed by atoms with E-state index in [9.17, 15) is 31.1 Å². The van der Waals surface area contributed by atoms with Crippen molar-refractivity contribution in [3.63, 3.8) is 0 Å². The SMILES string of the molecule is C=C(O)CC[C@H]1CN(S(=O)(=O)c2cn(CC)nc2OCC)c2cc(/C=C/c3c(F)cccc3C(F)(F)F)ccc2O1. The van der Waals surface area contributed by atoms with Crippen molar-refractivity contribution in [2.45, 2.75) is 50.4 Å². The number of sulfonamides is 1. The van der Waals surface area contributed by atoms with Crippen molar-refractivity contribution < 1.29 is 40.6 Å². The van der Waals surface area contributed by atoms with Gasteiger partial charge in [0.05, 0.1) is 30.2 Å². The summed E-state index contributed by atoms with van der Waals surface area (Å²) >= 11 is 0. The van der Waals surface area contributed by atoms with Gasteiger partial charge in [-0.1, -0.05) is 30.9 Å². The molecule has 0 radical (unpaired) electrons. The lowest BCUT2D eigenvalue weighted by Gasteiger charge is -2.35. The Morgan fingerprint density at radius 1 is 1.24 bits per heavy atom. The van der Waals surface area contributed by atoms with Gasteiger partial charge in [-0.15, -0.1) is 5.10 Å². The van der Waals surface area contributed by atoms with Crippen molar-refractivity contribution in [3.8, 4) is 11.6 Å². The third-order valence-corrected chi connectivity index (χ3v) is 8.10. The summed E-state index contributed by atoms with van der Waals surface area (Å²) < 4.78 is 96.8. The maximum Gasteiger partial charge on any atom is 0.417 e. The Morgan fingerprint density at radius 2 is 2.00 bits per heavy atom. The van der Waals surface area contributed by atoms with Crippen LogP contribution in [0.2, 0.25) is 0 Å². The molecule has 1 atom stereocenters. The van der Waals surface area contributed by atoms with Crippen LogP contribution in [0.3, 0.4) is 0 Å². The standard InChI is InChI=1S/C28H29F4N3O5S/c1-4-34-17-26(27(33-34)39-5-2)41(37,38)35-16-20(12-9-18(3)36)40-25-14-11-19(15-24(25)35)10-13-21-22(28(30,31)32)7-6-8-23(21)29/h6-8,10-11,13-15,17,20,36H,3-5,9,12,16H2,1-2H3/b13-10+/t20-/m0/s1. The lowest BCUT2D eigenvalue weighted by atomic mass is 10.0. The Balaban J connectivity index is 1.79. The van der Waals surface area contributed by atoms with Crippen LogP contribution in [0.25, 0.3) is 12.2 Å². The van der Waals surface area contributed by atoms with E-state index in [4.69, 9.17) is 9.47 Å². The molecule has 3 aromatic rings. The van der Waals surface area contributed by atoms with E-state index in [1.165, 1.54) is 35.2 Å². The predicted molar refractivity (Wildman–Crippen MR) is 146 cm³/mol. The number of nitrogens with zero attached hydrogens (tertiary/aromatic N) is 3. The van der Waals surface area contributed by atoms with Crippen molar-refractivity contribution in [2.75, 3.05) is 17.5 Å². The van der Waals surface area contributed by atoms with Gasteiger partial charge in [-0.05, 0) is 50.1 Å². The van der Waals surface area contributed by atoms with E-state index < -0.39 is 39.2 Å². The van der Waals surface area contributed by atoms with Crippen LogP contribution in [0.1, 0.15) is 43.4 Å². The first-order valence-corrected chi connectivity index (χ1v) is 14.2. The fourth-order valence-electron chi connectivity index (χ4n) is 4.35. The number of fused-ring (bicyclic) bond motifs is 1. The van der Waals surface area contributed by atoms with E-state index in [0.717, 1.165) is 28.6 Å². The van der Waals surface area contributed by atoms with Crippen molar-refractivity contribution in [1.29, 1.82) is 0 Å². The quantitative estimate of drug-likeness (QED) is 0.165. The molecule has 4 rings (SSSR count). The van der Waals surface area contributed by atoms with Gasteiger partial charge in [0, 0.05) is 24.7 Å². The molecule has 0 amide bonds. The monoisotopic (exact) mass is 595 g/mol. The first kappa shape index (κ1) is 30.0. The van der Waals surface area contributed by atoms with Gasteiger partial charge >= 0.3 is 6.18 Å². The number of aryl methyl sites for hydroxylation is 1. The van der Waals surface area contributed by atoms with E-state index in [-0.39, 0.29) is 54.0 Å². The average molecular weight is 596 g/mol. The van der Waals surface area contributed by atoms with Crippen molar-refractivity contribution in [2.24, 2.45) is 0 Å². The first-order chi connectivity index (χ1) is 19.3. The van der Waals surface area contributed by atoms with E-state index >= 15 is 0 Å². The minimum Gasteiger partial charge on any atom is -0.513 e. The van der Waals surface area contributed by atoms with Crippen LogP contribution in [0, 0.1) is 5.82 Å². The second kappa shape index (κ2) is 11.9. The maximum absolute atomic E-state index is 14.4. The van der Waals surface area contributed by atoms with Crippen molar-refractivity contribution in [3.05, 3.63) is 77.4 Å². The van der Waals surface area contributed by atoms with Crippen LogP contribution in [-0.2, 0) is 22.7 Å². The number of ether oxygens (including phenoxy) is 2.